The molecular weight excluding hydrogens is 272 g/mol. The second kappa shape index (κ2) is 7.00. The monoisotopic (exact) mass is 286 g/mol. The lowest BCUT2D eigenvalue weighted by Gasteiger charge is -2.12. The highest BCUT2D eigenvalue weighted by atomic mass is 35.5. The first-order valence-corrected chi connectivity index (χ1v) is 6.69. The van der Waals surface area contributed by atoms with Crippen LogP contribution < -0.4 is 4.74 Å². The van der Waals surface area contributed by atoms with E-state index < -0.39 is 6.10 Å². The maximum Gasteiger partial charge on any atom is 0.149 e. The molecule has 0 aliphatic heterocycles. The largest absolute Gasteiger partial charge is 0.481 e. The highest BCUT2D eigenvalue weighted by Crippen LogP contribution is 2.28. The standard InChI is InChI=1S/C17H15ClO2/c1-13(19)16-12-15(18)9-10-17(16)20-11-5-8-14-6-3-2-4-7-14/h2-4,6-7,9-10,12-13,19H,11H2,1H3. The molecule has 2 nitrogen and oxygen atoms in total. The van der Waals surface area contributed by atoms with Crippen LogP contribution in [0.5, 0.6) is 5.75 Å². The van der Waals surface area contributed by atoms with E-state index in [2.05, 4.69) is 11.8 Å². The number of benzene rings is 2. The van der Waals surface area contributed by atoms with Gasteiger partial charge in [0.1, 0.15) is 12.4 Å². The number of halogens is 1. The highest BCUT2D eigenvalue weighted by Gasteiger charge is 2.09. The molecule has 0 saturated carbocycles. The first kappa shape index (κ1) is 14.5. The summed E-state index contributed by atoms with van der Waals surface area (Å²) in [6.45, 7) is 1.93. The SMILES string of the molecule is CC(O)c1cc(Cl)ccc1OCC#Cc1ccccc1. The van der Waals surface area contributed by atoms with Crippen molar-refractivity contribution >= 4 is 11.6 Å². The summed E-state index contributed by atoms with van der Waals surface area (Å²) in [5.74, 6) is 6.56. The number of aliphatic hydroxyl groups is 1. The zero-order chi connectivity index (χ0) is 14.4. The topological polar surface area (TPSA) is 29.5 Å². The Hall–Kier alpha value is -1.95. The number of hydrogen-bond donors (Lipinski definition) is 1. The Balaban J connectivity index is 2.03. The third kappa shape index (κ3) is 4.03. The smallest absolute Gasteiger partial charge is 0.149 e. The van der Waals surface area contributed by atoms with Crippen LogP contribution in [0.1, 0.15) is 24.2 Å². The van der Waals surface area contributed by atoms with Crippen molar-refractivity contribution in [2.45, 2.75) is 13.0 Å². The predicted octanol–water partition coefficient (Wildman–Crippen LogP) is 3.82. The molecule has 1 atom stereocenters. The summed E-state index contributed by atoms with van der Waals surface area (Å²) in [5, 5.41) is 10.3. The normalized spacial score (nSPS) is 11.3. The van der Waals surface area contributed by atoms with Crippen molar-refractivity contribution in [3.05, 3.63) is 64.7 Å². The Morgan fingerprint density at radius 1 is 1.20 bits per heavy atom. The van der Waals surface area contributed by atoms with Crippen molar-refractivity contribution < 1.29 is 9.84 Å². The lowest BCUT2D eigenvalue weighted by atomic mass is 10.1. The maximum absolute atomic E-state index is 9.69. The van der Waals surface area contributed by atoms with E-state index in [0.29, 0.717) is 16.3 Å². The first-order chi connectivity index (χ1) is 9.66. The third-order valence-electron chi connectivity index (χ3n) is 2.73. The fraction of sp³-hybridized carbons (Fsp3) is 0.176. The van der Waals surface area contributed by atoms with Crippen LogP contribution in [0.3, 0.4) is 0 Å². The second-order valence-electron chi connectivity index (χ2n) is 4.31. The summed E-state index contributed by atoms with van der Waals surface area (Å²) in [6.07, 6.45) is -0.634. The Morgan fingerprint density at radius 2 is 1.95 bits per heavy atom. The van der Waals surface area contributed by atoms with Gasteiger partial charge < -0.3 is 9.84 Å². The van der Waals surface area contributed by atoms with Gasteiger partial charge in [-0.25, -0.2) is 0 Å². The van der Waals surface area contributed by atoms with Gasteiger partial charge in [-0.2, -0.15) is 0 Å². The van der Waals surface area contributed by atoms with Crippen molar-refractivity contribution in [1.29, 1.82) is 0 Å². The lowest BCUT2D eigenvalue weighted by molar-refractivity contribution is 0.193. The summed E-state index contributed by atoms with van der Waals surface area (Å²) in [6, 6.07) is 14.9. The van der Waals surface area contributed by atoms with Crippen molar-refractivity contribution in [2.75, 3.05) is 6.61 Å². The van der Waals surface area contributed by atoms with Gasteiger partial charge in [0.15, 0.2) is 0 Å². The van der Waals surface area contributed by atoms with E-state index in [0.717, 1.165) is 5.56 Å². The van der Waals surface area contributed by atoms with Gasteiger partial charge in [-0.15, -0.1) is 0 Å². The van der Waals surface area contributed by atoms with E-state index in [-0.39, 0.29) is 6.61 Å². The second-order valence-corrected chi connectivity index (χ2v) is 4.75. The number of ether oxygens (including phenoxy) is 1. The van der Waals surface area contributed by atoms with E-state index in [1.807, 2.05) is 30.3 Å². The minimum atomic E-state index is -0.634. The Kier molecular flexibility index (Phi) is 5.06. The lowest BCUT2D eigenvalue weighted by Crippen LogP contribution is -2.00. The van der Waals surface area contributed by atoms with Gasteiger partial charge >= 0.3 is 0 Å². The van der Waals surface area contributed by atoms with E-state index in [1.165, 1.54) is 0 Å². The molecule has 0 bridgehead atoms. The Bertz CT molecular complexity index is 624. The third-order valence-corrected chi connectivity index (χ3v) is 2.96. The molecule has 2 aromatic carbocycles. The van der Waals surface area contributed by atoms with Crippen LogP contribution in [0.25, 0.3) is 0 Å². The minimum Gasteiger partial charge on any atom is -0.481 e. The van der Waals surface area contributed by atoms with Gasteiger partial charge in [0.05, 0.1) is 6.10 Å². The van der Waals surface area contributed by atoms with Gasteiger partial charge in [-0.05, 0) is 37.3 Å². The molecule has 0 radical (unpaired) electrons. The van der Waals surface area contributed by atoms with Crippen LogP contribution in [0.2, 0.25) is 5.02 Å². The molecule has 0 aliphatic rings. The minimum absolute atomic E-state index is 0.260. The van der Waals surface area contributed by atoms with Crippen molar-refractivity contribution in [3.8, 4) is 17.6 Å². The van der Waals surface area contributed by atoms with E-state index in [9.17, 15) is 5.11 Å². The van der Waals surface area contributed by atoms with Gasteiger partial charge in [0.25, 0.3) is 0 Å². The summed E-state index contributed by atoms with van der Waals surface area (Å²) < 4.78 is 5.58. The fourth-order valence-corrected chi connectivity index (χ4v) is 1.93. The number of hydrogen-bond acceptors (Lipinski definition) is 2. The molecule has 0 saturated heterocycles. The van der Waals surface area contributed by atoms with Gasteiger partial charge in [-0.1, -0.05) is 41.6 Å². The van der Waals surface area contributed by atoms with Gasteiger partial charge in [-0.3, -0.25) is 0 Å². The predicted molar refractivity (Wildman–Crippen MR) is 80.9 cm³/mol. The van der Waals surface area contributed by atoms with Crippen LogP contribution in [0.15, 0.2) is 48.5 Å². The van der Waals surface area contributed by atoms with E-state index in [1.54, 1.807) is 25.1 Å². The molecule has 102 valence electrons. The molecular formula is C17H15ClO2. The molecule has 3 heteroatoms. The summed E-state index contributed by atoms with van der Waals surface area (Å²) in [5.41, 5.74) is 1.61. The molecule has 2 rings (SSSR count). The van der Waals surface area contributed by atoms with Crippen LogP contribution in [-0.4, -0.2) is 11.7 Å². The molecule has 0 aliphatic carbocycles. The molecule has 1 unspecified atom stereocenters. The maximum atomic E-state index is 9.69. The van der Waals surface area contributed by atoms with Crippen LogP contribution in [0.4, 0.5) is 0 Å². The molecule has 1 N–H and O–H groups in total. The zero-order valence-corrected chi connectivity index (χ0v) is 11.9. The average Bonchev–Trinajstić information content (AvgIpc) is 2.45. The molecule has 0 aromatic heterocycles. The van der Waals surface area contributed by atoms with Gasteiger partial charge in [0.2, 0.25) is 0 Å². The summed E-state index contributed by atoms with van der Waals surface area (Å²) in [7, 11) is 0. The van der Waals surface area contributed by atoms with Crippen LogP contribution in [0, 0.1) is 11.8 Å². The summed E-state index contributed by atoms with van der Waals surface area (Å²) >= 11 is 5.91. The molecule has 0 spiro atoms. The zero-order valence-electron chi connectivity index (χ0n) is 11.1. The molecule has 0 amide bonds. The molecule has 20 heavy (non-hydrogen) atoms. The molecule has 0 heterocycles. The molecule has 2 aromatic rings. The van der Waals surface area contributed by atoms with Crippen LogP contribution >= 0.6 is 11.6 Å². The highest BCUT2D eigenvalue weighted by molar-refractivity contribution is 6.30. The van der Waals surface area contributed by atoms with Crippen molar-refractivity contribution in [3.63, 3.8) is 0 Å². The number of rotatable bonds is 3. The number of aliphatic hydroxyl groups excluding tert-OH is 1. The Labute approximate surface area is 124 Å². The average molecular weight is 287 g/mol. The van der Waals surface area contributed by atoms with Crippen molar-refractivity contribution in [2.24, 2.45) is 0 Å². The van der Waals surface area contributed by atoms with Crippen molar-refractivity contribution in [1.82, 2.24) is 0 Å². The first-order valence-electron chi connectivity index (χ1n) is 6.31. The fourth-order valence-electron chi connectivity index (χ4n) is 1.75. The quantitative estimate of drug-likeness (QED) is 0.869. The molecule has 0 fully saturated rings. The Morgan fingerprint density at radius 3 is 2.65 bits per heavy atom. The summed E-state index contributed by atoms with van der Waals surface area (Å²) in [4.78, 5) is 0. The van der Waals surface area contributed by atoms with Gasteiger partial charge in [0, 0.05) is 16.1 Å². The van der Waals surface area contributed by atoms with E-state index in [4.69, 9.17) is 16.3 Å². The van der Waals surface area contributed by atoms with E-state index >= 15 is 0 Å². The van der Waals surface area contributed by atoms with Crippen LogP contribution in [-0.2, 0) is 0 Å².